The van der Waals surface area contributed by atoms with Crippen LogP contribution in [-0.2, 0) is 0 Å². The molecule has 90 valence electrons. The van der Waals surface area contributed by atoms with Crippen LogP contribution >= 0.6 is 0 Å². The number of nitrogens with one attached hydrogen (secondary N) is 1. The van der Waals surface area contributed by atoms with Gasteiger partial charge in [-0.25, -0.2) is 0 Å². The largest absolute Gasteiger partial charge is 0.307 e. The van der Waals surface area contributed by atoms with Gasteiger partial charge in [-0.1, -0.05) is 30.7 Å². The molecule has 0 bridgehead atoms. The summed E-state index contributed by atoms with van der Waals surface area (Å²) in [5.74, 6) is 1.02. The van der Waals surface area contributed by atoms with Crippen molar-refractivity contribution in [1.29, 1.82) is 0 Å². The molecular formula is C15H19NO. The molecule has 1 aromatic rings. The molecule has 0 aromatic heterocycles. The summed E-state index contributed by atoms with van der Waals surface area (Å²) >= 11 is 0. The van der Waals surface area contributed by atoms with E-state index in [0.717, 1.165) is 30.9 Å². The summed E-state index contributed by atoms with van der Waals surface area (Å²) in [6.45, 7) is 0.983. The zero-order valence-corrected chi connectivity index (χ0v) is 10.1. The lowest BCUT2D eigenvalue weighted by molar-refractivity contribution is 0.0952. The van der Waals surface area contributed by atoms with Crippen LogP contribution in [0.5, 0.6) is 0 Å². The molecule has 1 unspecified atom stereocenters. The Bertz CT molecular complexity index is 399. The number of carbonyl (C=O) groups excluding carboxylic acids is 1. The van der Waals surface area contributed by atoms with Crippen molar-refractivity contribution in [2.24, 2.45) is 0 Å². The molecule has 1 saturated heterocycles. The van der Waals surface area contributed by atoms with Gasteiger partial charge in [0, 0.05) is 5.56 Å². The Labute approximate surface area is 102 Å². The Morgan fingerprint density at radius 3 is 2.35 bits per heavy atom. The van der Waals surface area contributed by atoms with Gasteiger partial charge in [0.05, 0.1) is 6.04 Å². The topological polar surface area (TPSA) is 29.1 Å². The lowest BCUT2D eigenvalue weighted by Crippen LogP contribution is -2.30. The van der Waals surface area contributed by atoms with Gasteiger partial charge >= 0.3 is 0 Å². The average Bonchev–Trinajstić information content (AvgIpc) is 2.80. The molecule has 1 heterocycles. The van der Waals surface area contributed by atoms with Crippen LogP contribution in [0.2, 0.25) is 0 Å². The highest BCUT2D eigenvalue weighted by molar-refractivity contribution is 6.00. The first kappa shape index (κ1) is 11.0. The van der Waals surface area contributed by atoms with Gasteiger partial charge in [-0.15, -0.1) is 0 Å². The fourth-order valence-electron chi connectivity index (χ4n) is 2.77. The summed E-state index contributed by atoms with van der Waals surface area (Å²) in [6.07, 6.45) is 6.10. The van der Waals surface area contributed by atoms with Crippen molar-refractivity contribution in [2.45, 2.75) is 44.1 Å². The molecule has 17 heavy (non-hydrogen) atoms. The molecule has 3 rings (SSSR count). The van der Waals surface area contributed by atoms with Crippen LogP contribution in [0.4, 0.5) is 0 Å². The van der Waals surface area contributed by atoms with Gasteiger partial charge in [0.2, 0.25) is 0 Å². The molecule has 0 spiro atoms. The summed E-state index contributed by atoms with van der Waals surface area (Å²) in [5.41, 5.74) is 2.28. The van der Waals surface area contributed by atoms with Crippen molar-refractivity contribution in [3.05, 3.63) is 35.4 Å². The smallest absolute Gasteiger partial charge is 0.179 e. The van der Waals surface area contributed by atoms with Gasteiger partial charge in [-0.05, 0) is 43.7 Å². The van der Waals surface area contributed by atoms with Crippen LogP contribution < -0.4 is 5.32 Å². The molecule has 1 N–H and O–H groups in total. The predicted octanol–water partition coefficient (Wildman–Crippen LogP) is 2.89. The first-order valence-corrected chi connectivity index (χ1v) is 6.72. The van der Waals surface area contributed by atoms with Gasteiger partial charge < -0.3 is 5.32 Å². The molecule has 2 aliphatic rings. The van der Waals surface area contributed by atoms with Gasteiger partial charge in [0.25, 0.3) is 0 Å². The Balaban J connectivity index is 1.72. The first-order valence-electron chi connectivity index (χ1n) is 6.72. The maximum Gasteiger partial charge on any atom is 0.179 e. The van der Waals surface area contributed by atoms with Crippen LogP contribution in [0.25, 0.3) is 0 Å². The minimum atomic E-state index is 0.0598. The molecule has 2 heteroatoms. The fourth-order valence-corrected chi connectivity index (χ4v) is 2.77. The molecule has 1 aliphatic heterocycles. The Hall–Kier alpha value is -1.15. The Morgan fingerprint density at radius 2 is 1.82 bits per heavy atom. The molecule has 2 fully saturated rings. The summed E-state index contributed by atoms with van der Waals surface area (Å²) < 4.78 is 0. The van der Waals surface area contributed by atoms with Gasteiger partial charge in [-0.3, -0.25) is 4.79 Å². The number of carbonyl (C=O) groups is 1. The van der Waals surface area contributed by atoms with Crippen LogP contribution in [0.15, 0.2) is 24.3 Å². The highest BCUT2D eigenvalue weighted by atomic mass is 16.1. The number of ketones is 1. The number of benzene rings is 1. The third-order valence-electron chi connectivity index (χ3n) is 4.15. The van der Waals surface area contributed by atoms with E-state index in [0.29, 0.717) is 0 Å². The van der Waals surface area contributed by atoms with Crippen molar-refractivity contribution in [2.75, 3.05) is 6.54 Å². The summed E-state index contributed by atoms with van der Waals surface area (Å²) in [5, 5.41) is 3.27. The van der Waals surface area contributed by atoms with Crippen LogP contribution in [0, 0.1) is 0 Å². The van der Waals surface area contributed by atoms with E-state index in [1.165, 1.54) is 24.8 Å². The third kappa shape index (κ3) is 2.14. The lowest BCUT2D eigenvalue weighted by Gasteiger charge is -2.25. The summed E-state index contributed by atoms with van der Waals surface area (Å²) in [6, 6.07) is 8.37. The van der Waals surface area contributed by atoms with E-state index in [2.05, 4.69) is 17.4 Å². The van der Waals surface area contributed by atoms with Crippen LogP contribution in [0.3, 0.4) is 0 Å². The molecular weight excluding hydrogens is 210 g/mol. The number of Topliss-reactive ketones (excluding diaryl/α,β-unsaturated/α-hetero) is 1. The van der Waals surface area contributed by atoms with Gasteiger partial charge in [-0.2, -0.15) is 0 Å². The van der Waals surface area contributed by atoms with Crippen molar-refractivity contribution < 1.29 is 4.79 Å². The monoisotopic (exact) mass is 229 g/mol. The predicted molar refractivity (Wildman–Crippen MR) is 68.4 cm³/mol. The minimum Gasteiger partial charge on any atom is -0.307 e. The zero-order valence-electron chi connectivity index (χ0n) is 10.1. The molecule has 0 amide bonds. The molecule has 1 saturated carbocycles. The number of hydrogen-bond acceptors (Lipinski definition) is 2. The van der Waals surface area contributed by atoms with Gasteiger partial charge in [0.15, 0.2) is 5.78 Å². The zero-order chi connectivity index (χ0) is 11.7. The molecule has 2 nitrogen and oxygen atoms in total. The second-order valence-electron chi connectivity index (χ2n) is 5.26. The minimum absolute atomic E-state index is 0.0598. The van der Waals surface area contributed by atoms with Crippen LogP contribution in [-0.4, -0.2) is 18.4 Å². The highest BCUT2D eigenvalue weighted by Crippen LogP contribution is 2.36. The molecule has 0 radical (unpaired) electrons. The lowest BCUT2D eigenvalue weighted by atomic mass is 9.80. The highest BCUT2D eigenvalue weighted by Gasteiger charge is 2.24. The summed E-state index contributed by atoms with van der Waals surface area (Å²) in [4.78, 5) is 12.1. The second-order valence-corrected chi connectivity index (χ2v) is 5.26. The quantitative estimate of drug-likeness (QED) is 0.807. The van der Waals surface area contributed by atoms with E-state index < -0.39 is 0 Å². The van der Waals surface area contributed by atoms with E-state index in [1.54, 1.807) is 0 Å². The molecule has 1 aromatic carbocycles. The SMILES string of the molecule is O=C(c1ccc(C2CCC2)cc1)C1CCCN1. The van der Waals surface area contributed by atoms with E-state index in [1.807, 2.05) is 12.1 Å². The normalized spacial score (nSPS) is 24.6. The molecule has 1 atom stereocenters. The number of hydrogen-bond donors (Lipinski definition) is 1. The summed E-state index contributed by atoms with van der Waals surface area (Å²) in [7, 11) is 0. The fraction of sp³-hybridized carbons (Fsp3) is 0.533. The van der Waals surface area contributed by atoms with E-state index in [-0.39, 0.29) is 11.8 Å². The third-order valence-corrected chi connectivity index (χ3v) is 4.15. The van der Waals surface area contributed by atoms with Crippen molar-refractivity contribution >= 4 is 5.78 Å². The molecule has 1 aliphatic carbocycles. The Kier molecular flexibility index (Phi) is 2.98. The van der Waals surface area contributed by atoms with Crippen LogP contribution in [0.1, 0.15) is 53.9 Å². The van der Waals surface area contributed by atoms with Crippen molar-refractivity contribution in [3.8, 4) is 0 Å². The number of rotatable bonds is 3. The standard InChI is InChI=1S/C15H19NO/c17-15(14-5-2-10-16-14)13-8-6-12(7-9-13)11-3-1-4-11/h6-9,11,14,16H,1-5,10H2. The first-order chi connectivity index (χ1) is 8.34. The van der Waals surface area contributed by atoms with Crippen molar-refractivity contribution in [1.82, 2.24) is 5.32 Å². The Morgan fingerprint density at radius 1 is 1.06 bits per heavy atom. The van der Waals surface area contributed by atoms with Gasteiger partial charge in [0.1, 0.15) is 0 Å². The maximum absolute atomic E-state index is 12.1. The second kappa shape index (κ2) is 4.61. The van der Waals surface area contributed by atoms with Crippen molar-refractivity contribution in [3.63, 3.8) is 0 Å². The van der Waals surface area contributed by atoms with E-state index >= 15 is 0 Å². The van der Waals surface area contributed by atoms with E-state index in [4.69, 9.17) is 0 Å². The van der Waals surface area contributed by atoms with E-state index in [9.17, 15) is 4.79 Å². The maximum atomic E-state index is 12.1. The average molecular weight is 229 g/mol.